The van der Waals surface area contributed by atoms with Crippen molar-refractivity contribution in [2.24, 2.45) is 0 Å². The predicted molar refractivity (Wildman–Crippen MR) is 58.6 cm³/mol. The van der Waals surface area contributed by atoms with Crippen LogP contribution in [-0.4, -0.2) is 17.5 Å². The molecule has 1 heteroatoms. The van der Waals surface area contributed by atoms with E-state index >= 15 is 0 Å². The van der Waals surface area contributed by atoms with E-state index in [1.165, 1.54) is 31.4 Å². The van der Waals surface area contributed by atoms with Crippen LogP contribution in [-0.2, 0) is 0 Å². The van der Waals surface area contributed by atoms with E-state index < -0.39 is 0 Å². The summed E-state index contributed by atoms with van der Waals surface area (Å²) in [5, 5.41) is 0. The van der Waals surface area contributed by atoms with E-state index in [4.69, 9.17) is 0 Å². The van der Waals surface area contributed by atoms with Crippen LogP contribution in [0.2, 0.25) is 0 Å². The molecule has 1 fully saturated rings. The fourth-order valence-corrected chi connectivity index (χ4v) is 1.70. The van der Waals surface area contributed by atoms with Gasteiger partial charge in [-0.3, -0.25) is 0 Å². The largest absolute Gasteiger partial charge is 0.368 e. The summed E-state index contributed by atoms with van der Waals surface area (Å²) in [6.07, 6.45) is 9.58. The molecule has 0 aromatic heterocycles. The molecule has 0 aromatic rings. The first-order chi connectivity index (χ1) is 6.25. The molecule has 0 spiro atoms. The highest BCUT2D eigenvalue weighted by Crippen LogP contribution is 2.26. The van der Waals surface area contributed by atoms with Gasteiger partial charge in [-0.2, -0.15) is 0 Å². The quantitative estimate of drug-likeness (QED) is 0.462. The standard InChI is InChI=1S/C12H21N/c1-4-5-6-7-8-9-13-11(2)10-12(13)3/h7-8,12H,2,4-6,9-10H2,1,3H3/b8-7-. The maximum absolute atomic E-state index is 4.00. The van der Waals surface area contributed by atoms with Crippen molar-refractivity contribution in [1.82, 2.24) is 4.90 Å². The second-order valence-corrected chi connectivity index (χ2v) is 3.89. The molecule has 1 nitrogen and oxygen atoms in total. The lowest BCUT2D eigenvalue weighted by Gasteiger charge is -2.42. The Hall–Kier alpha value is -0.720. The third kappa shape index (κ3) is 2.91. The Morgan fingerprint density at radius 2 is 2.31 bits per heavy atom. The molecule has 1 heterocycles. The van der Waals surface area contributed by atoms with Gasteiger partial charge in [-0.1, -0.05) is 38.5 Å². The van der Waals surface area contributed by atoms with E-state index in [0.717, 1.165) is 6.54 Å². The fraction of sp³-hybridized carbons (Fsp3) is 0.667. The minimum Gasteiger partial charge on any atom is -0.368 e. The van der Waals surface area contributed by atoms with Crippen LogP contribution in [0.5, 0.6) is 0 Å². The molecule has 74 valence electrons. The highest BCUT2D eigenvalue weighted by atomic mass is 15.2. The van der Waals surface area contributed by atoms with E-state index in [2.05, 4.69) is 37.5 Å². The van der Waals surface area contributed by atoms with E-state index in [9.17, 15) is 0 Å². The van der Waals surface area contributed by atoms with Gasteiger partial charge in [0.25, 0.3) is 0 Å². The van der Waals surface area contributed by atoms with Gasteiger partial charge in [0.15, 0.2) is 0 Å². The first-order valence-corrected chi connectivity index (χ1v) is 5.35. The van der Waals surface area contributed by atoms with Gasteiger partial charge in [-0.25, -0.2) is 0 Å². The molecular weight excluding hydrogens is 158 g/mol. The average molecular weight is 179 g/mol. The van der Waals surface area contributed by atoms with E-state index in [0.29, 0.717) is 6.04 Å². The van der Waals surface area contributed by atoms with Crippen molar-refractivity contribution in [3.05, 3.63) is 24.4 Å². The minimum atomic E-state index is 0.711. The lowest BCUT2D eigenvalue weighted by atomic mass is 10.0. The van der Waals surface area contributed by atoms with Gasteiger partial charge in [0, 0.05) is 24.7 Å². The topological polar surface area (TPSA) is 3.24 Å². The third-order valence-corrected chi connectivity index (χ3v) is 2.66. The maximum atomic E-state index is 4.00. The van der Waals surface area contributed by atoms with Crippen LogP contribution in [0.25, 0.3) is 0 Å². The molecule has 0 amide bonds. The molecule has 1 aliphatic heterocycles. The second-order valence-electron chi connectivity index (χ2n) is 3.89. The third-order valence-electron chi connectivity index (χ3n) is 2.66. The lowest BCUT2D eigenvalue weighted by molar-refractivity contribution is 0.193. The van der Waals surface area contributed by atoms with Crippen molar-refractivity contribution in [3.63, 3.8) is 0 Å². The molecule has 0 N–H and O–H groups in total. The summed E-state index contributed by atoms with van der Waals surface area (Å²) >= 11 is 0. The van der Waals surface area contributed by atoms with Crippen LogP contribution in [0.4, 0.5) is 0 Å². The monoisotopic (exact) mass is 179 g/mol. The summed E-state index contributed by atoms with van der Waals surface area (Å²) in [4.78, 5) is 2.36. The molecule has 1 aliphatic rings. The number of rotatable bonds is 5. The zero-order chi connectivity index (χ0) is 9.68. The Morgan fingerprint density at radius 3 is 2.85 bits per heavy atom. The molecule has 0 saturated carbocycles. The summed E-state index contributed by atoms with van der Waals surface area (Å²) in [6.45, 7) is 9.55. The number of hydrogen-bond donors (Lipinski definition) is 0. The van der Waals surface area contributed by atoms with Crippen molar-refractivity contribution < 1.29 is 0 Å². The van der Waals surface area contributed by atoms with Gasteiger partial charge in [0.2, 0.25) is 0 Å². The van der Waals surface area contributed by atoms with Crippen molar-refractivity contribution in [3.8, 4) is 0 Å². The normalized spacial score (nSPS) is 22.5. The highest BCUT2D eigenvalue weighted by Gasteiger charge is 2.24. The number of likely N-dealkylation sites (tertiary alicyclic amines) is 1. The van der Waals surface area contributed by atoms with E-state index in [1.54, 1.807) is 0 Å². The molecular formula is C12H21N. The van der Waals surface area contributed by atoms with E-state index in [-0.39, 0.29) is 0 Å². The van der Waals surface area contributed by atoms with Crippen molar-refractivity contribution in [1.29, 1.82) is 0 Å². The molecule has 0 aromatic carbocycles. The van der Waals surface area contributed by atoms with Crippen LogP contribution in [0.3, 0.4) is 0 Å². The summed E-state index contributed by atoms with van der Waals surface area (Å²) < 4.78 is 0. The van der Waals surface area contributed by atoms with Gasteiger partial charge < -0.3 is 4.90 Å². The fourth-order valence-electron chi connectivity index (χ4n) is 1.70. The number of allylic oxidation sites excluding steroid dienone is 1. The van der Waals surface area contributed by atoms with Crippen LogP contribution in [0.15, 0.2) is 24.4 Å². The molecule has 1 unspecified atom stereocenters. The van der Waals surface area contributed by atoms with Crippen LogP contribution in [0, 0.1) is 0 Å². The Bertz CT molecular complexity index is 193. The van der Waals surface area contributed by atoms with E-state index in [1.807, 2.05) is 0 Å². The predicted octanol–water partition coefficient (Wildman–Crippen LogP) is 3.34. The summed E-state index contributed by atoms with van der Waals surface area (Å²) in [6, 6.07) is 0.711. The lowest BCUT2D eigenvalue weighted by Crippen LogP contribution is -2.42. The van der Waals surface area contributed by atoms with Gasteiger partial charge in [-0.05, 0) is 13.3 Å². The molecule has 1 rings (SSSR count). The first-order valence-electron chi connectivity index (χ1n) is 5.35. The van der Waals surface area contributed by atoms with Crippen molar-refractivity contribution in [2.45, 2.75) is 45.6 Å². The van der Waals surface area contributed by atoms with Gasteiger partial charge >= 0.3 is 0 Å². The summed E-state index contributed by atoms with van der Waals surface area (Å²) in [5.41, 5.74) is 1.30. The summed E-state index contributed by atoms with van der Waals surface area (Å²) in [5.74, 6) is 0. The van der Waals surface area contributed by atoms with Crippen LogP contribution in [0.1, 0.15) is 39.5 Å². The zero-order valence-corrected chi connectivity index (χ0v) is 8.92. The van der Waals surface area contributed by atoms with Crippen molar-refractivity contribution >= 4 is 0 Å². The van der Waals surface area contributed by atoms with Crippen LogP contribution >= 0.6 is 0 Å². The highest BCUT2D eigenvalue weighted by molar-refractivity contribution is 5.10. The first kappa shape index (κ1) is 10.4. The van der Waals surface area contributed by atoms with Gasteiger partial charge in [-0.15, -0.1) is 0 Å². The number of unbranched alkanes of at least 4 members (excludes halogenated alkanes) is 2. The Labute approximate surface area is 82.1 Å². The average Bonchev–Trinajstić information content (AvgIpc) is 2.11. The second kappa shape index (κ2) is 5.11. The molecule has 0 radical (unpaired) electrons. The molecule has 1 saturated heterocycles. The number of hydrogen-bond acceptors (Lipinski definition) is 1. The SMILES string of the molecule is C=C1CC(C)N1C/C=C\CCCC. The Balaban J connectivity index is 2.11. The molecule has 0 bridgehead atoms. The molecule has 1 atom stereocenters. The maximum Gasteiger partial charge on any atom is 0.0359 e. The van der Waals surface area contributed by atoms with Gasteiger partial charge in [0.1, 0.15) is 0 Å². The zero-order valence-electron chi connectivity index (χ0n) is 8.92. The minimum absolute atomic E-state index is 0.711. The molecule has 0 aliphatic carbocycles. The molecule has 13 heavy (non-hydrogen) atoms. The summed E-state index contributed by atoms with van der Waals surface area (Å²) in [7, 11) is 0. The number of nitrogens with zero attached hydrogens (tertiary/aromatic N) is 1. The van der Waals surface area contributed by atoms with Gasteiger partial charge in [0.05, 0.1) is 0 Å². The van der Waals surface area contributed by atoms with Crippen LogP contribution < -0.4 is 0 Å². The smallest absolute Gasteiger partial charge is 0.0359 e. The Kier molecular flexibility index (Phi) is 4.07. The Morgan fingerprint density at radius 1 is 1.54 bits per heavy atom. The van der Waals surface area contributed by atoms with Crippen molar-refractivity contribution in [2.75, 3.05) is 6.54 Å².